The summed E-state index contributed by atoms with van der Waals surface area (Å²) in [5, 5.41) is 2.76. The zero-order chi connectivity index (χ0) is 10.6. The first-order valence-corrected chi connectivity index (χ1v) is 4.98. The van der Waals surface area contributed by atoms with Gasteiger partial charge in [-0.15, -0.1) is 0 Å². The molecule has 1 amide bonds. The monoisotopic (exact) mass is 199 g/mol. The van der Waals surface area contributed by atoms with Crippen LogP contribution in [-0.4, -0.2) is 25.0 Å². The number of amides is 1. The number of alkyl carbamates (subject to hydrolysis) is 1. The molecule has 0 aliphatic heterocycles. The average Bonchev–Trinajstić information content (AvgIpc) is 2.18. The summed E-state index contributed by atoms with van der Waals surface area (Å²) in [4.78, 5) is 22.0. The third-order valence-corrected chi connectivity index (χ3v) is 2.81. The zero-order valence-corrected chi connectivity index (χ0v) is 8.71. The lowest BCUT2D eigenvalue weighted by molar-refractivity contribution is -0.121. The fraction of sp³-hybridized carbons (Fsp3) is 0.800. The van der Waals surface area contributed by atoms with Crippen molar-refractivity contribution >= 4 is 11.9 Å². The maximum absolute atomic E-state index is 11.1. The lowest BCUT2D eigenvalue weighted by atomic mass is 9.84. The highest BCUT2D eigenvalue weighted by Gasteiger charge is 2.24. The number of carbonyl (C=O) groups is 2. The van der Waals surface area contributed by atoms with Crippen molar-refractivity contribution in [2.45, 2.75) is 38.6 Å². The van der Waals surface area contributed by atoms with Crippen molar-refractivity contribution < 1.29 is 14.3 Å². The maximum atomic E-state index is 11.1. The standard InChI is InChI=1S/C10H17NO3/c1-7(12)8-3-5-9(6-4-8)11-10(13)14-2/h8-9H,3-6H2,1-2H3,(H,11,13)/t8-,9+. The Bertz CT molecular complexity index is 219. The molecule has 4 heteroatoms. The van der Waals surface area contributed by atoms with Gasteiger partial charge in [-0.25, -0.2) is 4.79 Å². The Labute approximate surface area is 84.0 Å². The van der Waals surface area contributed by atoms with Crippen LogP contribution < -0.4 is 5.32 Å². The topological polar surface area (TPSA) is 55.4 Å². The normalized spacial score (nSPS) is 26.7. The number of methoxy groups -OCH3 is 1. The maximum Gasteiger partial charge on any atom is 0.407 e. The molecule has 4 nitrogen and oxygen atoms in total. The van der Waals surface area contributed by atoms with E-state index in [1.54, 1.807) is 6.92 Å². The summed E-state index contributed by atoms with van der Waals surface area (Å²) in [7, 11) is 1.36. The summed E-state index contributed by atoms with van der Waals surface area (Å²) in [6.45, 7) is 1.64. The van der Waals surface area contributed by atoms with Crippen molar-refractivity contribution in [2.75, 3.05) is 7.11 Å². The first-order valence-electron chi connectivity index (χ1n) is 4.98. The van der Waals surface area contributed by atoms with Gasteiger partial charge in [0.1, 0.15) is 5.78 Å². The van der Waals surface area contributed by atoms with E-state index in [0.717, 1.165) is 25.7 Å². The molecule has 0 heterocycles. The molecule has 1 aliphatic rings. The summed E-state index contributed by atoms with van der Waals surface area (Å²) in [6, 6.07) is 0.179. The smallest absolute Gasteiger partial charge is 0.407 e. The Hall–Kier alpha value is -1.06. The first-order chi connectivity index (χ1) is 6.63. The van der Waals surface area contributed by atoms with E-state index < -0.39 is 0 Å². The Morgan fingerprint density at radius 1 is 1.21 bits per heavy atom. The van der Waals surface area contributed by atoms with Crippen molar-refractivity contribution in [1.29, 1.82) is 0 Å². The minimum atomic E-state index is -0.378. The Balaban J connectivity index is 2.29. The summed E-state index contributed by atoms with van der Waals surface area (Å²) in [5.41, 5.74) is 0. The van der Waals surface area contributed by atoms with Crippen LogP contribution in [0.5, 0.6) is 0 Å². The SMILES string of the molecule is COC(=O)N[C@H]1CC[C@@H](C(C)=O)CC1. The number of Topliss-reactive ketones (excluding diaryl/α,β-unsaturated/α-hetero) is 1. The van der Waals surface area contributed by atoms with E-state index >= 15 is 0 Å². The van der Waals surface area contributed by atoms with E-state index in [1.165, 1.54) is 7.11 Å². The molecule has 80 valence electrons. The predicted octanol–water partition coefficient (Wildman–Crippen LogP) is 1.49. The molecule has 0 aromatic heterocycles. The van der Waals surface area contributed by atoms with E-state index in [4.69, 9.17) is 0 Å². The Kier molecular flexibility index (Phi) is 3.92. The summed E-state index contributed by atoms with van der Waals surface area (Å²) < 4.78 is 4.51. The fourth-order valence-electron chi connectivity index (χ4n) is 1.87. The second-order valence-electron chi connectivity index (χ2n) is 3.80. The molecule has 14 heavy (non-hydrogen) atoms. The zero-order valence-electron chi connectivity index (χ0n) is 8.71. The summed E-state index contributed by atoms with van der Waals surface area (Å²) >= 11 is 0. The van der Waals surface area contributed by atoms with Gasteiger partial charge in [0.05, 0.1) is 7.11 Å². The minimum absolute atomic E-state index is 0.179. The molecular weight excluding hydrogens is 182 g/mol. The second-order valence-corrected chi connectivity index (χ2v) is 3.80. The van der Waals surface area contributed by atoms with Crippen LogP contribution in [-0.2, 0) is 9.53 Å². The van der Waals surface area contributed by atoms with Gasteiger partial charge < -0.3 is 10.1 Å². The molecule has 0 aromatic carbocycles. The van der Waals surface area contributed by atoms with Gasteiger partial charge in [0.25, 0.3) is 0 Å². The molecule has 1 saturated carbocycles. The molecule has 0 radical (unpaired) electrons. The number of carbonyl (C=O) groups excluding carboxylic acids is 2. The fourth-order valence-corrected chi connectivity index (χ4v) is 1.87. The van der Waals surface area contributed by atoms with E-state index in [9.17, 15) is 9.59 Å². The summed E-state index contributed by atoms with van der Waals surface area (Å²) in [5.74, 6) is 0.465. The van der Waals surface area contributed by atoms with Crippen molar-refractivity contribution in [2.24, 2.45) is 5.92 Å². The van der Waals surface area contributed by atoms with Gasteiger partial charge in [0, 0.05) is 12.0 Å². The van der Waals surface area contributed by atoms with Crippen molar-refractivity contribution in [1.82, 2.24) is 5.32 Å². The van der Waals surface area contributed by atoms with Gasteiger partial charge >= 0.3 is 6.09 Å². The lowest BCUT2D eigenvalue weighted by Crippen LogP contribution is -2.38. The molecule has 0 aromatic rings. The number of hydrogen-bond acceptors (Lipinski definition) is 3. The van der Waals surface area contributed by atoms with Crippen LogP contribution in [0, 0.1) is 5.92 Å². The predicted molar refractivity (Wildman–Crippen MR) is 52.0 cm³/mol. The Morgan fingerprint density at radius 2 is 1.79 bits per heavy atom. The number of ketones is 1. The van der Waals surface area contributed by atoms with E-state index in [0.29, 0.717) is 0 Å². The van der Waals surface area contributed by atoms with E-state index in [1.807, 2.05) is 0 Å². The molecule has 0 saturated heterocycles. The molecule has 1 fully saturated rings. The van der Waals surface area contributed by atoms with E-state index in [2.05, 4.69) is 10.1 Å². The minimum Gasteiger partial charge on any atom is -0.453 e. The van der Waals surface area contributed by atoms with Crippen LogP contribution in [0.4, 0.5) is 4.79 Å². The second kappa shape index (κ2) is 4.98. The van der Waals surface area contributed by atoms with Gasteiger partial charge in [-0.2, -0.15) is 0 Å². The molecule has 0 bridgehead atoms. The van der Waals surface area contributed by atoms with Gasteiger partial charge in [-0.05, 0) is 32.6 Å². The largest absolute Gasteiger partial charge is 0.453 e. The van der Waals surface area contributed by atoms with Crippen LogP contribution in [0.15, 0.2) is 0 Å². The lowest BCUT2D eigenvalue weighted by Gasteiger charge is -2.27. The van der Waals surface area contributed by atoms with Crippen LogP contribution in [0.3, 0.4) is 0 Å². The highest BCUT2D eigenvalue weighted by Crippen LogP contribution is 2.24. The van der Waals surface area contributed by atoms with Crippen molar-refractivity contribution in [3.8, 4) is 0 Å². The number of nitrogens with one attached hydrogen (secondary N) is 1. The Morgan fingerprint density at radius 3 is 2.21 bits per heavy atom. The van der Waals surface area contributed by atoms with Crippen LogP contribution in [0.2, 0.25) is 0 Å². The quantitative estimate of drug-likeness (QED) is 0.733. The van der Waals surface area contributed by atoms with Crippen LogP contribution >= 0.6 is 0 Å². The molecule has 1 aliphatic carbocycles. The number of rotatable bonds is 2. The highest BCUT2D eigenvalue weighted by atomic mass is 16.5. The highest BCUT2D eigenvalue weighted by molar-refractivity contribution is 5.78. The van der Waals surface area contributed by atoms with Crippen LogP contribution in [0.25, 0.3) is 0 Å². The molecule has 0 spiro atoms. The molecule has 0 unspecified atom stereocenters. The first kappa shape index (κ1) is 11.0. The number of ether oxygens (including phenoxy) is 1. The van der Waals surface area contributed by atoms with Gasteiger partial charge in [-0.3, -0.25) is 4.79 Å². The molecule has 0 atom stereocenters. The van der Waals surface area contributed by atoms with Crippen molar-refractivity contribution in [3.05, 3.63) is 0 Å². The van der Waals surface area contributed by atoms with E-state index in [-0.39, 0.29) is 23.8 Å². The van der Waals surface area contributed by atoms with Gasteiger partial charge in [0.15, 0.2) is 0 Å². The molecule has 1 rings (SSSR count). The van der Waals surface area contributed by atoms with Gasteiger partial charge in [-0.1, -0.05) is 0 Å². The third-order valence-electron chi connectivity index (χ3n) is 2.81. The summed E-state index contributed by atoms with van der Waals surface area (Å²) in [6.07, 6.45) is 3.13. The number of hydrogen-bond donors (Lipinski definition) is 1. The molecule has 1 N–H and O–H groups in total. The average molecular weight is 199 g/mol. The van der Waals surface area contributed by atoms with Gasteiger partial charge in [0.2, 0.25) is 0 Å². The van der Waals surface area contributed by atoms with Crippen LogP contribution in [0.1, 0.15) is 32.6 Å². The van der Waals surface area contributed by atoms with Crippen molar-refractivity contribution in [3.63, 3.8) is 0 Å². The third kappa shape index (κ3) is 3.01. The molecular formula is C10H17NO3.